The lowest BCUT2D eigenvalue weighted by molar-refractivity contribution is 0.475. The number of benzene rings is 2. The van der Waals surface area contributed by atoms with E-state index in [1.165, 1.54) is 12.1 Å². The molecule has 0 unspecified atom stereocenters. The third-order valence-electron chi connectivity index (χ3n) is 2.77. The van der Waals surface area contributed by atoms with Gasteiger partial charge in [-0.1, -0.05) is 12.1 Å². The molecule has 2 aromatic rings. The molecule has 0 amide bonds. The molecule has 2 aromatic carbocycles. The summed E-state index contributed by atoms with van der Waals surface area (Å²) in [6.07, 6.45) is 0.501. The molecule has 2 N–H and O–H groups in total. The van der Waals surface area contributed by atoms with Crippen LogP contribution < -0.4 is 4.72 Å². The van der Waals surface area contributed by atoms with E-state index in [0.717, 1.165) is 17.7 Å². The monoisotopic (exact) mass is 295 g/mol. The summed E-state index contributed by atoms with van der Waals surface area (Å²) in [7, 11) is -3.62. The number of nitrogens with one attached hydrogen (secondary N) is 1. The number of hydrogen-bond acceptors (Lipinski definition) is 3. The molecule has 0 atom stereocenters. The van der Waals surface area contributed by atoms with E-state index in [9.17, 15) is 12.8 Å². The lowest BCUT2D eigenvalue weighted by Crippen LogP contribution is -2.25. The molecule has 0 aliphatic heterocycles. The van der Waals surface area contributed by atoms with Crippen LogP contribution in [0.3, 0.4) is 0 Å². The van der Waals surface area contributed by atoms with Gasteiger partial charge in [-0.15, -0.1) is 0 Å². The van der Waals surface area contributed by atoms with Gasteiger partial charge in [0.15, 0.2) is 0 Å². The minimum absolute atomic E-state index is 0.0320. The molecule has 2 rings (SSSR count). The van der Waals surface area contributed by atoms with Crippen LogP contribution in [0.4, 0.5) is 4.39 Å². The fourth-order valence-electron chi connectivity index (χ4n) is 1.69. The first-order valence-electron chi connectivity index (χ1n) is 6.00. The van der Waals surface area contributed by atoms with E-state index in [1.807, 2.05) is 0 Å². The topological polar surface area (TPSA) is 66.4 Å². The Kier molecular flexibility index (Phi) is 4.36. The van der Waals surface area contributed by atoms with Crippen LogP contribution in [0, 0.1) is 5.82 Å². The highest BCUT2D eigenvalue weighted by atomic mass is 32.2. The maximum Gasteiger partial charge on any atom is 0.240 e. The van der Waals surface area contributed by atoms with Crippen molar-refractivity contribution in [3.63, 3.8) is 0 Å². The molecule has 0 fully saturated rings. The highest BCUT2D eigenvalue weighted by Crippen LogP contribution is 2.11. The van der Waals surface area contributed by atoms with Crippen molar-refractivity contribution in [3.8, 4) is 5.75 Å². The maximum atomic E-state index is 12.7. The molecular weight excluding hydrogens is 281 g/mol. The van der Waals surface area contributed by atoms with Gasteiger partial charge in [-0.25, -0.2) is 17.5 Å². The Bertz CT molecular complexity index is 667. The molecule has 0 aromatic heterocycles. The zero-order valence-corrected chi connectivity index (χ0v) is 11.4. The number of aromatic hydroxyl groups is 1. The summed E-state index contributed by atoms with van der Waals surface area (Å²) in [5.74, 6) is -0.311. The molecule has 106 valence electrons. The summed E-state index contributed by atoms with van der Waals surface area (Å²) in [4.78, 5) is 0.0320. The molecule has 0 spiro atoms. The summed E-state index contributed by atoms with van der Waals surface area (Å²) in [5.41, 5.74) is 0.907. The molecule has 0 aliphatic rings. The average molecular weight is 295 g/mol. The first-order chi connectivity index (χ1) is 9.47. The van der Waals surface area contributed by atoms with Gasteiger partial charge in [-0.05, 0) is 48.4 Å². The summed E-state index contributed by atoms with van der Waals surface area (Å²) in [6.45, 7) is 0.227. The van der Waals surface area contributed by atoms with E-state index in [2.05, 4.69) is 4.72 Å². The number of phenolic OH excluding ortho intramolecular Hbond substituents is 1. The highest BCUT2D eigenvalue weighted by molar-refractivity contribution is 7.89. The molecular formula is C14H14FNO3S. The fourth-order valence-corrected chi connectivity index (χ4v) is 2.72. The second-order valence-electron chi connectivity index (χ2n) is 4.27. The summed E-state index contributed by atoms with van der Waals surface area (Å²) in [6, 6.07) is 11.2. The Morgan fingerprint density at radius 2 is 1.60 bits per heavy atom. The summed E-state index contributed by atoms with van der Waals surface area (Å²) in [5, 5.41) is 9.14. The van der Waals surface area contributed by atoms with E-state index < -0.39 is 15.8 Å². The fraction of sp³-hybridized carbons (Fsp3) is 0.143. The largest absolute Gasteiger partial charge is 0.508 e. The van der Waals surface area contributed by atoms with Crippen molar-refractivity contribution in [3.05, 3.63) is 59.9 Å². The van der Waals surface area contributed by atoms with Crippen LogP contribution in [-0.4, -0.2) is 20.1 Å². The molecule has 6 heteroatoms. The zero-order valence-electron chi connectivity index (χ0n) is 10.6. The van der Waals surface area contributed by atoms with Gasteiger partial charge >= 0.3 is 0 Å². The van der Waals surface area contributed by atoms with Crippen molar-refractivity contribution in [2.75, 3.05) is 6.54 Å². The number of halogens is 1. The van der Waals surface area contributed by atoms with Gasteiger partial charge in [0, 0.05) is 6.54 Å². The molecule has 4 nitrogen and oxygen atoms in total. The van der Waals surface area contributed by atoms with Crippen molar-refractivity contribution >= 4 is 10.0 Å². The van der Waals surface area contributed by atoms with Crippen molar-refractivity contribution in [2.24, 2.45) is 0 Å². The minimum Gasteiger partial charge on any atom is -0.508 e. The van der Waals surface area contributed by atoms with Gasteiger partial charge in [0.25, 0.3) is 0 Å². The van der Waals surface area contributed by atoms with Crippen LogP contribution in [0.25, 0.3) is 0 Å². The SMILES string of the molecule is O=S(=O)(NCCc1ccc(O)cc1)c1ccc(F)cc1. The van der Waals surface area contributed by atoms with Crippen LogP contribution in [0.5, 0.6) is 5.75 Å². The summed E-state index contributed by atoms with van der Waals surface area (Å²) < 4.78 is 39.0. The van der Waals surface area contributed by atoms with Gasteiger partial charge in [0.1, 0.15) is 11.6 Å². The second-order valence-corrected chi connectivity index (χ2v) is 6.04. The average Bonchev–Trinajstić information content (AvgIpc) is 2.41. The third kappa shape index (κ3) is 3.79. The summed E-state index contributed by atoms with van der Waals surface area (Å²) >= 11 is 0. The second kappa shape index (κ2) is 6.02. The molecule has 0 saturated heterocycles. The van der Waals surface area contributed by atoms with Crippen molar-refractivity contribution in [1.29, 1.82) is 0 Å². The Labute approximate surface area is 116 Å². The third-order valence-corrected chi connectivity index (χ3v) is 4.24. The lowest BCUT2D eigenvalue weighted by Gasteiger charge is -2.07. The Morgan fingerprint density at radius 3 is 2.20 bits per heavy atom. The lowest BCUT2D eigenvalue weighted by atomic mass is 10.1. The molecule has 0 radical (unpaired) electrons. The van der Waals surface area contributed by atoms with Gasteiger partial charge in [0.05, 0.1) is 4.90 Å². The van der Waals surface area contributed by atoms with Gasteiger partial charge in [0.2, 0.25) is 10.0 Å². The number of phenols is 1. The quantitative estimate of drug-likeness (QED) is 0.887. The maximum absolute atomic E-state index is 12.7. The van der Waals surface area contributed by atoms with Crippen LogP contribution in [0.1, 0.15) is 5.56 Å². The Balaban J connectivity index is 1.96. The predicted molar refractivity (Wildman–Crippen MR) is 73.4 cm³/mol. The smallest absolute Gasteiger partial charge is 0.240 e. The van der Waals surface area contributed by atoms with Crippen molar-refractivity contribution in [2.45, 2.75) is 11.3 Å². The first kappa shape index (κ1) is 14.5. The molecule has 0 saturated carbocycles. The van der Waals surface area contributed by atoms with E-state index in [4.69, 9.17) is 5.11 Å². The molecule has 0 aliphatic carbocycles. The van der Waals surface area contributed by atoms with Crippen molar-refractivity contribution < 1.29 is 17.9 Å². The predicted octanol–water partition coefficient (Wildman–Crippen LogP) is 2.05. The van der Waals surface area contributed by atoms with Gasteiger partial charge in [-0.2, -0.15) is 0 Å². The van der Waals surface area contributed by atoms with Gasteiger partial charge in [-0.3, -0.25) is 0 Å². The van der Waals surface area contributed by atoms with Crippen molar-refractivity contribution in [1.82, 2.24) is 4.72 Å². The Hall–Kier alpha value is -1.92. The number of sulfonamides is 1. The van der Waals surface area contributed by atoms with E-state index >= 15 is 0 Å². The molecule has 0 bridgehead atoms. The molecule has 0 heterocycles. The number of rotatable bonds is 5. The zero-order chi connectivity index (χ0) is 14.6. The van der Waals surface area contributed by atoms with E-state index in [1.54, 1.807) is 24.3 Å². The van der Waals surface area contributed by atoms with Crippen LogP contribution >= 0.6 is 0 Å². The normalized spacial score (nSPS) is 11.4. The van der Waals surface area contributed by atoms with Gasteiger partial charge < -0.3 is 5.11 Å². The van der Waals surface area contributed by atoms with Crippen LogP contribution in [0.2, 0.25) is 0 Å². The van der Waals surface area contributed by atoms with E-state index in [-0.39, 0.29) is 17.2 Å². The Morgan fingerprint density at radius 1 is 1.00 bits per heavy atom. The molecule has 20 heavy (non-hydrogen) atoms. The van der Waals surface area contributed by atoms with Crippen LogP contribution in [0.15, 0.2) is 53.4 Å². The first-order valence-corrected chi connectivity index (χ1v) is 7.49. The van der Waals surface area contributed by atoms with E-state index in [0.29, 0.717) is 6.42 Å². The minimum atomic E-state index is -3.62. The number of hydrogen-bond donors (Lipinski definition) is 2. The standard InChI is InChI=1S/C14H14FNO3S/c15-12-3-7-14(8-4-12)20(18,19)16-10-9-11-1-5-13(17)6-2-11/h1-8,16-17H,9-10H2. The van der Waals surface area contributed by atoms with Crippen LogP contribution in [-0.2, 0) is 16.4 Å². The highest BCUT2D eigenvalue weighted by Gasteiger charge is 2.12.